The number of ether oxygens (including phenoxy) is 2. The summed E-state index contributed by atoms with van der Waals surface area (Å²) in [5, 5.41) is 0. The van der Waals surface area contributed by atoms with Crippen LogP contribution in [0.15, 0.2) is 48.6 Å². The quantitative estimate of drug-likeness (QED) is 0.0287. The summed E-state index contributed by atoms with van der Waals surface area (Å²) in [7, 11) is -4.29. The smallest absolute Gasteiger partial charge is 0.462 e. The molecule has 302 valence electrons. The van der Waals surface area contributed by atoms with Gasteiger partial charge in [0.15, 0.2) is 6.10 Å². The van der Waals surface area contributed by atoms with E-state index >= 15 is 0 Å². The molecular formula is C43H77O8P. The molecule has 0 aliphatic heterocycles. The van der Waals surface area contributed by atoms with E-state index in [1.165, 1.54) is 89.9 Å². The van der Waals surface area contributed by atoms with Crippen molar-refractivity contribution in [3.63, 3.8) is 0 Å². The second-order valence-corrected chi connectivity index (χ2v) is 15.1. The molecule has 2 unspecified atom stereocenters. The summed E-state index contributed by atoms with van der Waals surface area (Å²) in [6.45, 7) is 5.32. The summed E-state index contributed by atoms with van der Waals surface area (Å²) < 4.78 is 32.6. The van der Waals surface area contributed by atoms with Crippen LogP contribution in [0.1, 0.15) is 188 Å². The lowest BCUT2D eigenvalue weighted by Gasteiger charge is -2.19. The minimum Gasteiger partial charge on any atom is -0.462 e. The maximum absolute atomic E-state index is 12.5. The number of rotatable bonds is 38. The predicted molar refractivity (Wildman–Crippen MR) is 216 cm³/mol. The van der Waals surface area contributed by atoms with Crippen LogP contribution < -0.4 is 0 Å². The lowest BCUT2D eigenvalue weighted by Crippen LogP contribution is -2.29. The van der Waals surface area contributed by atoms with E-state index in [4.69, 9.17) is 18.5 Å². The molecule has 8 nitrogen and oxygen atoms in total. The molecule has 0 rings (SSSR count). The number of unbranched alkanes of at least 4 members (excludes halogenated alkanes) is 18. The molecule has 9 heteroatoms. The minimum absolute atomic E-state index is 0.00808. The van der Waals surface area contributed by atoms with Crippen molar-refractivity contribution in [1.29, 1.82) is 0 Å². The Bertz CT molecular complexity index is 990. The third kappa shape index (κ3) is 37.8. The van der Waals surface area contributed by atoms with Crippen molar-refractivity contribution >= 4 is 19.8 Å². The van der Waals surface area contributed by atoms with Crippen molar-refractivity contribution in [2.24, 2.45) is 0 Å². The van der Waals surface area contributed by atoms with Gasteiger partial charge in [0.05, 0.1) is 13.2 Å². The van der Waals surface area contributed by atoms with Gasteiger partial charge in [0.2, 0.25) is 0 Å². The molecule has 0 aromatic carbocycles. The predicted octanol–water partition coefficient (Wildman–Crippen LogP) is 13.0. The van der Waals surface area contributed by atoms with Gasteiger partial charge in [0, 0.05) is 12.8 Å². The first-order valence-corrected chi connectivity index (χ1v) is 22.4. The Kier molecular flexibility index (Phi) is 37.2. The monoisotopic (exact) mass is 753 g/mol. The third-order valence-electron chi connectivity index (χ3n) is 8.65. The van der Waals surface area contributed by atoms with E-state index in [0.29, 0.717) is 6.42 Å². The molecular weight excluding hydrogens is 675 g/mol. The largest absolute Gasteiger partial charge is 0.472 e. The number of hydrogen-bond acceptors (Lipinski definition) is 7. The Hall–Kier alpha value is -1.99. The lowest BCUT2D eigenvalue weighted by atomic mass is 10.0. The highest BCUT2D eigenvalue weighted by atomic mass is 31.2. The second kappa shape index (κ2) is 38.7. The van der Waals surface area contributed by atoms with E-state index < -0.39 is 26.5 Å². The lowest BCUT2D eigenvalue weighted by molar-refractivity contribution is -0.161. The summed E-state index contributed by atoms with van der Waals surface area (Å²) in [5.74, 6) is -0.843. The molecule has 0 heterocycles. The molecule has 0 fully saturated rings. The molecule has 0 spiro atoms. The Morgan fingerprint density at radius 2 is 0.981 bits per heavy atom. The normalized spacial score (nSPS) is 13.8. The second-order valence-electron chi connectivity index (χ2n) is 13.6. The number of carbonyl (C=O) groups is 2. The third-order valence-corrected chi connectivity index (χ3v) is 9.71. The first-order chi connectivity index (χ1) is 25.3. The van der Waals surface area contributed by atoms with Gasteiger partial charge < -0.3 is 14.4 Å². The van der Waals surface area contributed by atoms with Crippen LogP contribution in [0.25, 0.3) is 0 Å². The number of phosphoric ester groups is 1. The van der Waals surface area contributed by atoms with Crippen molar-refractivity contribution in [1.82, 2.24) is 0 Å². The maximum Gasteiger partial charge on any atom is 0.472 e. The van der Waals surface area contributed by atoms with Crippen LogP contribution in [0.3, 0.4) is 0 Å². The minimum atomic E-state index is -4.29. The van der Waals surface area contributed by atoms with Crippen LogP contribution in [-0.4, -0.2) is 42.8 Å². The zero-order valence-corrected chi connectivity index (χ0v) is 34.3. The van der Waals surface area contributed by atoms with Gasteiger partial charge in [-0.2, -0.15) is 0 Å². The molecule has 0 amide bonds. The van der Waals surface area contributed by atoms with Gasteiger partial charge in [-0.25, -0.2) is 4.57 Å². The Morgan fingerprint density at radius 3 is 1.48 bits per heavy atom. The summed E-state index contributed by atoms with van der Waals surface area (Å²) in [5.41, 5.74) is 0. The molecule has 0 saturated carbocycles. The van der Waals surface area contributed by atoms with E-state index in [0.717, 1.165) is 57.8 Å². The summed E-state index contributed by atoms with van der Waals surface area (Å²) in [6, 6.07) is 0. The van der Waals surface area contributed by atoms with E-state index in [1.54, 1.807) is 6.92 Å². The van der Waals surface area contributed by atoms with Crippen LogP contribution in [0.4, 0.5) is 0 Å². The average molecular weight is 753 g/mol. The van der Waals surface area contributed by atoms with Crippen LogP contribution in [0, 0.1) is 0 Å². The first kappa shape index (κ1) is 50.0. The highest BCUT2D eigenvalue weighted by molar-refractivity contribution is 7.47. The fourth-order valence-corrected chi connectivity index (χ4v) is 6.38. The van der Waals surface area contributed by atoms with Crippen molar-refractivity contribution < 1.29 is 37.6 Å². The molecule has 0 aliphatic rings. The Labute approximate surface area is 318 Å². The highest BCUT2D eigenvalue weighted by Crippen LogP contribution is 2.43. The van der Waals surface area contributed by atoms with Crippen molar-refractivity contribution in [3.8, 4) is 0 Å². The fraction of sp³-hybridized carbons (Fsp3) is 0.767. The first-order valence-electron chi connectivity index (χ1n) is 20.9. The number of phosphoric acid groups is 1. The van der Waals surface area contributed by atoms with Crippen LogP contribution in [0.2, 0.25) is 0 Å². The van der Waals surface area contributed by atoms with Crippen LogP contribution in [0.5, 0.6) is 0 Å². The van der Waals surface area contributed by atoms with Gasteiger partial charge in [0.1, 0.15) is 6.61 Å². The molecule has 2 atom stereocenters. The van der Waals surface area contributed by atoms with Gasteiger partial charge >= 0.3 is 19.8 Å². The van der Waals surface area contributed by atoms with Gasteiger partial charge in [-0.15, -0.1) is 0 Å². The molecule has 0 saturated heterocycles. The van der Waals surface area contributed by atoms with Crippen molar-refractivity contribution in [2.45, 2.75) is 194 Å². The van der Waals surface area contributed by atoms with Gasteiger partial charge in [-0.3, -0.25) is 18.6 Å². The fourth-order valence-electron chi connectivity index (χ4n) is 5.62. The van der Waals surface area contributed by atoms with E-state index in [1.807, 2.05) is 0 Å². The molecule has 0 aliphatic carbocycles. The zero-order valence-electron chi connectivity index (χ0n) is 33.5. The summed E-state index contributed by atoms with van der Waals surface area (Å²) in [6.07, 6.45) is 44.5. The number of hydrogen-bond donors (Lipinski definition) is 1. The van der Waals surface area contributed by atoms with E-state index in [2.05, 4.69) is 62.5 Å². The topological polar surface area (TPSA) is 108 Å². The maximum atomic E-state index is 12.5. The van der Waals surface area contributed by atoms with Gasteiger partial charge in [0.25, 0.3) is 0 Å². The van der Waals surface area contributed by atoms with Crippen molar-refractivity contribution in [2.75, 3.05) is 19.8 Å². The standard InChI is InChI=1S/C43H77O8P/c1-4-7-9-11-13-15-17-19-21-22-24-25-27-29-31-33-35-37-42(44)48-39-41(40-50-52(46,47)49-6-3)51-43(45)38-36-34-32-30-28-26-23-20-18-16-14-12-10-8-5-2/h8,10,14,16,20,23,28,30,41H,4-7,9,11-13,15,17-19,21-22,24-27,29,31-40H2,1-3H3,(H,46,47)/b10-8-,16-14-,23-20-,30-28-. The molecule has 52 heavy (non-hydrogen) atoms. The molecule has 0 radical (unpaired) electrons. The summed E-state index contributed by atoms with van der Waals surface area (Å²) >= 11 is 0. The molecule has 0 aromatic heterocycles. The number of carbonyl (C=O) groups excluding carboxylic acids is 2. The SMILES string of the molecule is CC/C=C\C/C=C\C/C=C\C/C=C\CCCCC(=O)OC(COC(=O)CCCCCCCCCCCCCCCCCCC)COP(=O)(O)OCC. The van der Waals surface area contributed by atoms with Crippen LogP contribution in [-0.2, 0) is 32.7 Å². The number of allylic oxidation sites excluding steroid dienone is 8. The van der Waals surface area contributed by atoms with E-state index in [9.17, 15) is 19.0 Å². The van der Waals surface area contributed by atoms with E-state index in [-0.39, 0.29) is 32.0 Å². The molecule has 0 bridgehead atoms. The van der Waals surface area contributed by atoms with Gasteiger partial charge in [-0.1, -0.05) is 165 Å². The average Bonchev–Trinajstić information content (AvgIpc) is 3.12. The highest BCUT2D eigenvalue weighted by Gasteiger charge is 2.25. The van der Waals surface area contributed by atoms with Crippen LogP contribution >= 0.6 is 7.82 Å². The number of esters is 2. The van der Waals surface area contributed by atoms with Crippen molar-refractivity contribution in [3.05, 3.63) is 48.6 Å². The Morgan fingerprint density at radius 1 is 0.538 bits per heavy atom. The van der Waals surface area contributed by atoms with Gasteiger partial charge in [-0.05, 0) is 58.3 Å². The molecule has 0 aromatic rings. The summed E-state index contributed by atoms with van der Waals surface area (Å²) in [4.78, 5) is 34.7. The Balaban J connectivity index is 4.14. The molecule has 1 N–H and O–H groups in total. The zero-order chi connectivity index (χ0) is 38.2.